The normalized spacial score (nSPS) is 14.8. The number of esters is 1. The summed E-state index contributed by atoms with van der Waals surface area (Å²) in [7, 11) is 0. The molecule has 1 saturated heterocycles. The van der Waals surface area contributed by atoms with Gasteiger partial charge < -0.3 is 14.2 Å². The zero-order valence-electron chi connectivity index (χ0n) is 15.5. The number of piperidine rings is 1. The van der Waals surface area contributed by atoms with Crippen molar-refractivity contribution < 1.29 is 14.3 Å². The summed E-state index contributed by atoms with van der Waals surface area (Å²) in [5.74, 6) is -0.543. The van der Waals surface area contributed by atoms with Crippen molar-refractivity contribution in [2.45, 2.75) is 32.7 Å². The highest BCUT2D eigenvalue weighted by Crippen LogP contribution is 2.24. The van der Waals surface area contributed by atoms with Gasteiger partial charge in [0.15, 0.2) is 0 Å². The van der Waals surface area contributed by atoms with E-state index in [0.29, 0.717) is 19.7 Å². The average molecular weight is 365 g/mol. The quantitative estimate of drug-likeness (QED) is 0.463. The summed E-state index contributed by atoms with van der Waals surface area (Å²) in [6.45, 7) is 3.58. The van der Waals surface area contributed by atoms with E-state index >= 15 is 0 Å². The molecule has 0 saturated carbocycles. The zero-order valence-corrected chi connectivity index (χ0v) is 15.5. The molecule has 1 aliphatic heterocycles. The van der Waals surface area contributed by atoms with Gasteiger partial charge in [0, 0.05) is 35.8 Å². The fraction of sp³-hybridized carbons (Fsp3) is 0.381. The van der Waals surface area contributed by atoms with Crippen molar-refractivity contribution in [3.8, 4) is 6.07 Å². The first kappa shape index (κ1) is 18.7. The Morgan fingerprint density at radius 3 is 2.67 bits per heavy atom. The van der Waals surface area contributed by atoms with Crippen molar-refractivity contribution in [2.24, 2.45) is 0 Å². The van der Waals surface area contributed by atoms with Gasteiger partial charge in [-0.1, -0.05) is 18.2 Å². The van der Waals surface area contributed by atoms with Crippen molar-refractivity contribution in [2.75, 3.05) is 19.7 Å². The van der Waals surface area contributed by atoms with E-state index in [2.05, 4.69) is 6.07 Å². The van der Waals surface area contributed by atoms with Crippen LogP contribution in [0.2, 0.25) is 0 Å². The van der Waals surface area contributed by atoms with Gasteiger partial charge in [-0.3, -0.25) is 9.59 Å². The Kier molecular flexibility index (Phi) is 5.92. The topological polar surface area (TPSA) is 75.3 Å². The number of rotatable bonds is 5. The Hall–Kier alpha value is -3.07. The van der Waals surface area contributed by atoms with E-state index in [1.807, 2.05) is 24.3 Å². The second-order valence-corrected chi connectivity index (χ2v) is 6.56. The molecule has 2 aromatic rings. The maximum Gasteiger partial charge on any atom is 0.325 e. The van der Waals surface area contributed by atoms with Crippen LogP contribution in [0.4, 0.5) is 0 Å². The smallest absolute Gasteiger partial charge is 0.325 e. The molecule has 140 valence electrons. The molecule has 3 rings (SSSR count). The van der Waals surface area contributed by atoms with Crippen LogP contribution in [0.3, 0.4) is 0 Å². The number of carbonyl (C=O) groups is 2. The first-order chi connectivity index (χ1) is 13.1. The van der Waals surface area contributed by atoms with Crippen LogP contribution in [0, 0.1) is 11.3 Å². The van der Waals surface area contributed by atoms with Crippen LogP contribution in [0.5, 0.6) is 0 Å². The van der Waals surface area contributed by atoms with Crippen molar-refractivity contribution in [3.05, 3.63) is 41.6 Å². The van der Waals surface area contributed by atoms with E-state index in [9.17, 15) is 14.9 Å². The lowest BCUT2D eigenvalue weighted by molar-refractivity contribution is -0.143. The molecule has 0 spiro atoms. The maximum absolute atomic E-state index is 12.7. The third-order valence-corrected chi connectivity index (χ3v) is 4.72. The molecule has 1 aliphatic rings. The van der Waals surface area contributed by atoms with E-state index in [1.54, 1.807) is 28.7 Å². The minimum absolute atomic E-state index is 0.0875. The van der Waals surface area contributed by atoms with E-state index in [-0.39, 0.29) is 24.0 Å². The average Bonchev–Trinajstić information content (AvgIpc) is 3.04. The number of para-hydroxylation sites is 1. The lowest BCUT2D eigenvalue weighted by Crippen LogP contribution is -2.36. The van der Waals surface area contributed by atoms with Crippen LogP contribution >= 0.6 is 0 Å². The lowest BCUT2D eigenvalue weighted by atomic mass is 10.1. The number of hydrogen-bond acceptors (Lipinski definition) is 4. The summed E-state index contributed by atoms with van der Waals surface area (Å²) in [6.07, 6.45) is 6.49. The number of nitriles is 1. The van der Waals surface area contributed by atoms with Crippen LogP contribution in [0.25, 0.3) is 17.0 Å². The number of aromatic nitrogens is 1. The van der Waals surface area contributed by atoms with E-state index < -0.39 is 0 Å². The van der Waals surface area contributed by atoms with Crippen molar-refractivity contribution in [1.82, 2.24) is 9.47 Å². The van der Waals surface area contributed by atoms with Crippen LogP contribution in [0.1, 0.15) is 31.7 Å². The van der Waals surface area contributed by atoms with Gasteiger partial charge >= 0.3 is 5.97 Å². The van der Waals surface area contributed by atoms with Gasteiger partial charge in [-0.05, 0) is 38.3 Å². The van der Waals surface area contributed by atoms with Gasteiger partial charge in [-0.2, -0.15) is 5.26 Å². The minimum Gasteiger partial charge on any atom is -0.465 e. The predicted octanol–water partition coefficient (Wildman–Crippen LogP) is 3.12. The van der Waals surface area contributed by atoms with Crippen LogP contribution < -0.4 is 0 Å². The second-order valence-electron chi connectivity index (χ2n) is 6.56. The lowest BCUT2D eigenvalue weighted by Gasteiger charge is -2.26. The van der Waals surface area contributed by atoms with Crippen molar-refractivity contribution in [1.29, 1.82) is 5.26 Å². The van der Waals surface area contributed by atoms with Gasteiger partial charge in [-0.15, -0.1) is 0 Å². The van der Waals surface area contributed by atoms with Crippen LogP contribution in [-0.4, -0.2) is 41.0 Å². The summed E-state index contributed by atoms with van der Waals surface area (Å²) in [5.41, 5.74) is 1.73. The number of fused-ring (bicyclic) bond motifs is 1. The highest BCUT2D eigenvalue weighted by Gasteiger charge is 2.21. The van der Waals surface area contributed by atoms with Crippen molar-refractivity contribution in [3.63, 3.8) is 0 Å². The molecule has 1 aromatic heterocycles. The molecule has 27 heavy (non-hydrogen) atoms. The highest BCUT2D eigenvalue weighted by atomic mass is 16.5. The molecule has 0 N–H and O–H groups in total. The monoisotopic (exact) mass is 365 g/mol. The molecule has 1 aromatic carbocycles. The predicted molar refractivity (Wildman–Crippen MR) is 103 cm³/mol. The SMILES string of the molecule is CCOC(=O)Cn1cc(C=C(C#N)C(=O)N2CCCCC2)c2ccccc21. The van der Waals surface area contributed by atoms with E-state index in [0.717, 1.165) is 35.7 Å². The largest absolute Gasteiger partial charge is 0.465 e. The molecule has 1 amide bonds. The number of amides is 1. The molecule has 0 atom stereocenters. The molecular formula is C21H23N3O3. The number of carbonyl (C=O) groups excluding carboxylic acids is 2. The minimum atomic E-state index is -0.321. The number of nitrogens with zero attached hydrogens (tertiary/aromatic N) is 3. The van der Waals surface area contributed by atoms with Gasteiger partial charge in [0.2, 0.25) is 0 Å². The molecule has 6 heteroatoms. The Labute approximate surface area is 158 Å². The third-order valence-electron chi connectivity index (χ3n) is 4.72. The zero-order chi connectivity index (χ0) is 19.2. The van der Waals surface area contributed by atoms with E-state index in [1.165, 1.54) is 0 Å². The molecule has 6 nitrogen and oxygen atoms in total. The van der Waals surface area contributed by atoms with Crippen LogP contribution in [-0.2, 0) is 20.9 Å². The molecule has 0 bridgehead atoms. The molecule has 1 fully saturated rings. The first-order valence-electron chi connectivity index (χ1n) is 9.28. The molecule has 0 radical (unpaired) electrons. The summed E-state index contributed by atoms with van der Waals surface area (Å²) >= 11 is 0. The maximum atomic E-state index is 12.7. The standard InChI is InChI=1S/C21H23N3O3/c1-2-27-20(25)15-24-14-17(18-8-4-5-9-19(18)24)12-16(13-22)21(26)23-10-6-3-7-11-23/h4-5,8-9,12,14H,2-3,6-7,10-11,15H2,1H3. The highest BCUT2D eigenvalue weighted by molar-refractivity contribution is 6.04. The van der Waals surface area contributed by atoms with Crippen LogP contribution in [0.15, 0.2) is 36.0 Å². The number of ether oxygens (including phenoxy) is 1. The van der Waals surface area contributed by atoms with Crippen molar-refractivity contribution >= 4 is 28.9 Å². The Morgan fingerprint density at radius 2 is 1.96 bits per heavy atom. The summed E-state index contributed by atoms with van der Waals surface area (Å²) < 4.78 is 6.83. The van der Waals surface area contributed by atoms with Gasteiger partial charge in [0.05, 0.1) is 6.61 Å². The summed E-state index contributed by atoms with van der Waals surface area (Å²) in [4.78, 5) is 26.3. The summed E-state index contributed by atoms with van der Waals surface area (Å²) in [6, 6.07) is 9.66. The van der Waals surface area contributed by atoms with Gasteiger partial charge in [0.25, 0.3) is 5.91 Å². The molecule has 0 aliphatic carbocycles. The molecular weight excluding hydrogens is 342 g/mol. The Morgan fingerprint density at radius 1 is 1.22 bits per heavy atom. The van der Waals surface area contributed by atoms with Gasteiger partial charge in [0.1, 0.15) is 18.2 Å². The Bertz CT molecular complexity index is 914. The van der Waals surface area contributed by atoms with Gasteiger partial charge in [-0.25, -0.2) is 0 Å². The number of hydrogen-bond donors (Lipinski definition) is 0. The fourth-order valence-electron chi connectivity index (χ4n) is 3.43. The third kappa shape index (κ3) is 4.20. The molecule has 2 heterocycles. The number of likely N-dealkylation sites (tertiary alicyclic amines) is 1. The number of benzene rings is 1. The first-order valence-corrected chi connectivity index (χ1v) is 9.28. The second kappa shape index (κ2) is 8.54. The van der Waals surface area contributed by atoms with E-state index in [4.69, 9.17) is 4.74 Å². The summed E-state index contributed by atoms with van der Waals surface area (Å²) in [5, 5.41) is 10.4. The molecule has 0 unspecified atom stereocenters. The Balaban J connectivity index is 1.95. The fourth-order valence-corrected chi connectivity index (χ4v) is 3.43.